The second kappa shape index (κ2) is 4.64. The Labute approximate surface area is 77.0 Å². The molecule has 13 heavy (non-hydrogen) atoms. The molecule has 0 aliphatic carbocycles. The van der Waals surface area contributed by atoms with Gasteiger partial charge in [-0.05, 0) is 13.3 Å². The lowest BCUT2D eigenvalue weighted by molar-refractivity contribution is 0.201. The molecule has 0 amide bonds. The van der Waals surface area contributed by atoms with E-state index in [1.165, 1.54) is 12.4 Å². The molecule has 4 heteroatoms. The normalized spacial score (nSPS) is 12.5. The van der Waals surface area contributed by atoms with Crippen LogP contribution in [0.15, 0.2) is 17.2 Å². The lowest BCUT2D eigenvalue weighted by Crippen LogP contribution is -2.14. The van der Waals surface area contributed by atoms with Crippen LogP contribution < -0.4 is 10.3 Å². The SMILES string of the molecule is CCCC(C)Oc1cc(=O)[nH]cn1. The van der Waals surface area contributed by atoms with Crippen molar-refractivity contribution >= 4 is 0 Å². The second-order valence-electron chi connectivity index (χ2n) is 2.97. The van der Waals surface area contributed by atoms with E-state index in [1.54, 1.807) is 0 Å². The Kier molecular flexibility index (Phi) is 3.49. The van der Waals surface area contributed by atoms with Crippen molar-refractivity contribution < 1.29 is 4.74 Å². The summed E-state index contributed by atoms with van der Waals surface area (Å²) in [6.45, 7) is 4.05. The molecular formula is C9H14N2O2. The van der Waals surface area contributed by atoms with Crippen LogP contribution in [-0.2, 0) is 0 Å². The van der Waals surface area contributed by atoms with E-state index >= 15 is 0 Å². The average Bonchev–Trinajstić information content (AvgIpc) is 2.04. The highest BCUT2D eigenvalue weighted by Gasteiger charge is 2.03. The number of nitrogens with zero attached hydrogens (tertiary/aromatic N) is 1. The molecule has 0 aromatic carbocycles. The summed E-state index contributed by atoms with van der Waals surface area (Å²) in [6, 6.07) is 1.35. The minimum absolute atomic E-state index is 0.110. The van der Waals surface area contributed by atoms with Crippen molar-refractivity contribution in [2.75, 3.05) is 0 Å². The van der Waals surface area contributed by atoms with E-state index in [-0.39, 0.29) is 11.7 Å². The monoisotopic (exact) mass is 182 g/mol. The summed E-state index contributed by atoms with van der Waals surface area (Å²) in [5.41, 5.74) is -0.186. The molecule has 4 nitrogen and oxygen atoms in total. The van der Waals surface area contributed by atoms with Gasteiger partial charge in [0.25, 0.3) is 5.56 Å². The first-order valence-electron chi connectivity index (χ1n) is 4.43. The maximum Gasteiger partial charge on any atom is 0.254 e. The molecule has 0 fully saturated rings. The predicted molar refractivity (Wildman–Crippen MR) is 49.9 cm³/mol. The third-order valence-electron chi connectivity index (χ3n) is 1.67. The van der Waals surface area contributed by atoms with Crippen LogP contribution in [0.2, 0.25) is 0 Å². The van der Waals surface area contributed by atoms with Gasteiger partial charge in [0.05, 0.1) is 18.5 Å². The summed E-state index contributed by atoms with van der Waals surface area (Å²) >= 11 is 0. The summed E-state index contributed by atoms with van der Waals surface area (Å²) in [7, 11) is 0. The highest BCUT2D eigenvalue weighted by atomic mass is 16.5. The molecule has 0 spiro atoms. The Hall–Kier alpha value is -1.32. The van der Waals surface area contributed by atoms with E-state index in [2.05, 4.69) is 16.9 Å². The van der Waals surface area contributed by atoms with Gasteiger partial charge in [-0.2, -0.15) is 0 Å². The molecule has 0 radical (unpaired) electrons. The van der Waals surface area contributed by atoms with Gasteiger partial charge >= 0.3 is 0 Å². The lowest BCUT2D eigenvalue weighted by Gasteiger charge is -2.11. The Morgan fingerprint density at radius 2 is 2.46 bits per heavy atom. The summed E-state index contributed by atoms with van der Waals surface area (Å²) in [5.74, 6) is 0.393. The van der Waals surface area contributed by atoms with Crippen molar-refractivity contribution in [2.24, 2.45) is 0 Å². The van der Waals surface area contributed by atoms with E-state index in [1.807, 2.05) is 6.92 Å². The van der Waals surface area contributed by atoms with Gasteiger partial charge in [0.15, 0.2) is 0 Å². The Morgan fingerprint density at radius 3 is 3.08 bits per heavy atom. The third kappa shape index (κ3) is 3.27. The fourth-order valence-corrected chi connectivity index (χ4v) is 1.09. The number of hydrogen-bond acceptors (Lipinski definition) is 3. The Balaban J connectivity index is 2.58. The van der Waals surface area contributed by atoms with Gasteiger partial charge in [-0.25, -0.2) is 4.98 Å². The molecule has 1 aromatic heterocycles. The molecule has 0 saturated carbocycles. The van der Waals surface area contributed by atoms with Crippen molar-refractivity contribution in [3.8, 4) is 5.88 Å². The number of H-pyrrole nitrogens is 1. The predicted octanol–water partition coefficient (Wildman–Crippen LogP) is 1.34. The van der Waals surface area contributed by atoms with E-state index in [0.29, 0.717) is 5.88 Å². The van der Waals surface area contributed by atoms with Crippen LogP contribution in [0.5, 0.6) is 5.88 Å². The molecule has 1 aromatic rings. The second-order valence-corrected chi connectivity index (χ2v) is 2.97. The molecule has 1 N–H and O–H groups in total. The Morgan fingerprint density at radius 1 is 1.69 bits per heavy atom. The van der Waals surface area contributed by atoms with Gasteiger partial charge in [0.2, 0.25) is 5.88 Å². The van der Waals surface area contributed by atoms with Gasteiger partial charge in [-0.1, -0.05) is 13.3 Å². The van der Waals surface area contributed by atoms with Crippen LogP contribution in [-0.4, -0.2) is 16.1 Å². The summed E-state index contributed by atoms with van der Waals surface area (Å²) in [6.07, 6.45) is 3.48. The summed E-state index contributed by atoms with van der Waals surface area (Å²) in [4.78, 5) is 17.2. The van der Waals surface area contributed by atoms with Gasteiger partial charge in [-0.15, -0.1) is 0 Å². The van der Waals surface area contributed by atoms with Crippen molar-refractivity contribution in [3.63, 3.8) is 0 Å². The molecule has 0 saturated heterocycles. The van der Waals surface area contributed by atoms with Crippen molar-refractivity contribution in [3.05, 3.63) is 22.7 Å². The maximum absolute atomic E-state index is 10.9. The van der Waals surface area contributed by atoms with Crippen LogP contribution in [0.25, 0.3) is 0 Å². The third-order valence-corrected chi connectivity index (χ3v) is 1.67. The number of nitrogens with one attached hydrogen (secondary N) is 1. The van der Waals surface area contributed by atoms with E-state index < -0.39 is 0 Å². The van der Waals surface area contributed by atoms with Gasteiger partial charge < -0.3 is 9.72 Å². The zero-order valence-corrected chi connectivity index (χ0v) is 7.91. The maximum atomic E-state index is 10.9. The number of hydrogen-bond donors (Lipinski definition) is 1. The summed E-state index contributed by atoms with van der Waals surface area (Å²) in [5, 5.41) is 0. The van der Waals surface area contributed by atoms with Crippen LogP contribution in [0.3, 0.4) is 0 Å². The summed E-state index contributed by atoms with van der Waals surface area (Å²) < 4.78 is 5.40. The van der Waals surface area contributed by atoms with Gasteiger partial charge in [0, 0.05) is 0 Å². The molecule has 1 atom stereocenters. The van der Waals surface area contributed by atoms with E-state index in [9.17, 15) is 4.79 Å². The highest BCUT2D eigenvalue weighted by molar-refractivity contribution is 5.05. The number of aromatic nitrogens is 2. The molecule has 1 rings (SSSR count). The first-order valence-corrected chi connectivity index (χ1v) is 4.43. The van der Waals surface area contributed by atoms with Crippen molar-refractivity contribution in [2.45, 2.75) is 32.8 Å². The highest BCUT2D eigenvalue weighted by Crippen LogP contribution is 2.06. The fourth-order valence-electron chi connectivity index (χ4n) is 1.09. The average molecular weight is 182 g/mol. The molecule has 0 aliphatic rings. The first-order chi connectivity index (χ1) is 6.22. The van der Waals surface area contributed by atoms with Crippen LogP contribution in [0.4, 0.5) is 0 Å². The zero-order chi connectivity index (χ0) is 9.68. The topological polar surface area (TPSA) is 55.0 Å². The smallest absolute Gasteiger partial charge is 0.254 e. The Bertz CT molecular complexity index is 308. The van der Waals surface area contributed by atoms with E-state index in [0.717, 1.165) is 12.8 Å². The minimum atomic E-state index is -0.186. The first kappa shape index (κ1) is 9.77. The number of rotatable bonds is 4. The standard InChI is InChI=1S/C9H14N2O2/c1-3-4-7(2)13-9-5-8(12)10-6-11-9/h5-7H,3-4H2,1-2H3,(H,10,11,12). The molecule has 72 valence electrons. The van der Waals surface area contributed by atoms with Crippen LogP contribution in [0, 0.1) is 0 Å². The largest absolute Gasteiger partial charge is 0.474 e. The minimum Gasteiger partial charge on any atom is -0.474 e. The quantitative estimate of drug-likeness (QED) is 0.764. The van der Waals surface area contributed by atoms with Crippen LogP contribution >= 0.6 is 0 Å². The van der Waals surface area contributed by atoms with Crippen LogP contribution in [0.1, 0.15) is 26.7 Å². The number of aromatic amines is 1. The molecule has 0 bridgehead atoms. The molecule has 1 unspecified atom stereocenters. The van der Waals surface area contributed by atoms with Crippen molar-refractivity contribution in [1.29, 1.82) is 0 Å². The molecular weight excluding hydrogens is 168 g/mol. The molecule has 0 aliphatic heterocycles. The van der Waals surface area contributed by atoms with Gasteiger partial charge in [-0.3, -0.25) is 4.79 Å². The fraction of sp³-hybridized carbons (Fsp3) is 0.556. The number of ether oxygens (including phenoxy) is 1. The lowest BCUT2D eigenvalue weighted by atomic mass is 10.2. The molecule has 1 heterocycles. The van der Waals surface area contributed by atoms with Gasteiger partial charge in [0.1, 0.15) is 0 Å². The van der Waals surface area contributed by atoms with Crippen molar-refractivity contribution in [1.82, 2.24) is 9.97 Å². The zero-order valence-electron chi connectivity index (χ0n) is 7.91. The van der Waals surface area contributed by atoms with E-state index in [4.69, 9.17) is 4.74 Å².